The van der Waals surface area contributed by atoms with Gasteiger partial charge in [0.15, 0.2) is 0 Å². The summed E-state index contributed by atoms with van der Waals surface area (Å²) in [5.41, 5.74) is 3.47. The minimum atomic E-state index is -0.419. The number of esters is 1. The first-order valence-corrected chi connectivity index (χ1v) is 8.65. The molecule has 1 aromatic carbocycles. The number of rotatable bonds is 6. The molecule has 4 heteroatoms. The lowest BCUT2D eigenvalue weighted by molar-refractivity contribution is -0.149. The largest absolute Gasteiger partial charge is 0.466 e. The van der Waals surface area contributed by atoms with E-state index in [4.69, 9.17) is 4.74 Å². The number of aliphatic hydroxyl groups excluding tert-OH is 1. The molecule has 0 spiro atoms. The fourth-order valence-corrected chi connectivity index (χ4v) is 3.10. The molecule has 1 aliphatic rings. The third kappa shape index (κ3) is 5.05. The highest BCUT2D eigenvalue weighted by Gasteiger charge is 2.26. The Hall–Kier alpha value is -1.39. The maximum absolute atomic E-state index is 11.7. The fraction of sp³-hybridized carbons (Fsp3) is 0.632. The van der Waals surface area contributed by atoms with Crippen molar-refractivity contribution < 1.29 is 14.6 Å². The van der Waals surface area contributed by atoms with Crippen LogP contribution in [0.3, 0.4) is 0 Å². The van der Waals surface area contributed by atoms with Gasteiger partial charge in [-0.05, 0) is 69.8 Å². The van der Waals surface area contributed by atoms with Crippen LogP contribution in [-0.2, 0) is 9.53 Å². The summed E-state index contributed by atoms with van der Waals surface area (Å²) in [5.74, 6) is -0.00168. The number of nitrogens with zero attached hydrogens (tertiary/aromatic N) is 1. The second-order valence-corrected chi connectivity index (χ2v) is 6.52. The molecule has 0 amide bonds. The summed E-state index contributed by atoms with van der Waals surface area (Å²) in [6.07, 6.45) is 2.03. The molecule has 1 aromatic rings. The molecule has 0 saturated carbocycles. The average Bonchev–Trinajstić information content (AvgIpc) is 2.56. The highest BCUT2D eigenvalue weighted by molar-refractivity contribution is 5.72. The van der Waals surface area contributed by atoms with Crippen molar-refractivity contribution >= 4 is 5.97 Å². The Morgan fingerprint density at radius 3 is 2.61 bits per heavy atom. The van der Waals surface area contributed by atoms with Crippen LogP contribution in [0.5, 0.6) is 0 Å². The number of aryl methyl sites for hydroxylation is 2. The van der Waals surface area contributed by atoms with Crippen LogP contribution in [0.25, 0.3) is 0 Å². The molecule has 128 valence electrons. The molecule has 0 radical (unpaired) electrons. The van der Waals surface area contributed by atoms with E-state index < -0.39 is 6.10 Å². The van der Waals surface area contributed by atoms with Gasteiger partial charge in [0.25, 0.3) is 0 Å². The number of carbonyl (C=O) groups is 1. The van der Waals surface area contributed by atoms with E-state index in [0.29, 0.717) is 6.61 Å². The molecule has 0 bridgehead atoms. The molecule has 2 rings (SSSR count). The smallest absolute Gasteiger partial charge is 0.309 e. The third-order valence-electron chi connectivity index (χ3n) is 4.84. The molecule has 1 fully saturated rings. The van der Waals surface area contributed by atoms with Gasteiger partial charge in [0.1, 0.15) is 0 Å². The van der Waals surface area contributed by atoms with E-state index in [2.05, 4.69) is 30.9 Å². The van der Waals surface area contributed by atoms with Gasteiger partial charge in [0.05, 0.1) is 18.6 Å². The van der Waals surface area contributed by atoms with Crippen molar-refractivity contribution in [2.24, 2.45) is 5.92 Å². The zero-order valence-corrected chi connectivity index (χ0v) is 14.5. The Morgan fingerprint density at radius 1 is 1.30 bits per heavy atom. The lowest BCUT2D eigenvalue weighted by atomic mass is 9.96. The number of aliphatic hydroxyl groups is 1. The number of hydrogen-bond donors (Lipinski definition) is 1. The highest BCUT2D eigenvalue weighted by Crippen LogP contribution is 2.23. The number of ether oxygens (including phenoxy) is 1. The normalized spacial score (nSPS) is 17.9. The first kappa shape index (κ1) is 18.0. The Kier molecular flexibility index (Phi) is 6.60. The van der Waals surface area contributed by atoms with Gasteiger partial charge in [-0.3, -0.25) is 4.79 Å². The van der Waals surface area contributed by atoms with Crippen molar-refractivity contribution in [3.8, 4) is 0 Å². The minimum absolute atomic E-state index is 0.0517. The molecule has 1 atom stereocenters. The van der Waals surface area contributed by atoms with Gasteiger partial charge in [0, 0.05) is 6.54 Å². The highest BCUT2D eigenvalue weighted by atomic mass is 16.5. The van der Waals surface area contributed by atoms with Gasteiger partial charge in [-0.1, -0.05) is 18.2 Å². The van der Waals surface area contributed by atoms with Crippen molar-refractivity contribution in [1.82, 2.24) is 4.90 Å². The molecule has 1 N–H and O–H groups in total. The van der Waals surface area contributed by atoms with E-state index in [1.165, 1.54) is 11.1 Å². The van der Waals surface area contributed by atoms with Crippen LogP contribution in [0.4, 0.5) is 0 Å². The Bertz CT molecular complexity index is 521. The van der Waals surface area contributed by atoms with Gasteiger partial charge in [-0.15, -0.1) is 0 Å². The lowest BCUT2D eigenvalue weighted by Gasteiger charge is -2.31. The molecule has 1 saturated heterocycles. The van der Waals surface area contributed by atoms with E-state index in [9.17, 15) is 9.90 Å². The van der Waals surface area contributed by atoms with Crippen LogP contribution in [-0.4, -0.2) is 42.2 Å². The molecule has 23 heavy (non-hydrogen) atoms. The molecule has 1 unspecified atom stereocenters. The van der Waals surface area contributed by atoms with E-state index in [1.807, 2.05) is 13.0 Å². The van der Waals surface area contributed by atoms with Crippen LogP contribution < -0.4 is 0 Å². The predicted octanol–water partition coefficient (Wildman–Crippen LogP) is 3.00. The topological polar surface area (TPSA) is 49.8 Å². The molecule has 0 aromatic heterocycles. The van der Waals surface area contributed by atoms with E-state index >= 15 is 0 Å². The van der Waals surface area contributed by atoms with Crippen LogP contribution in [0.2, 0.25) is 0 Å². The minimum Gasteiger partial charge on any atom is -0.466 e. The van der Waals surface area contributed by atoms with Crippen LogP contribution in [0.15, 0.2) is 18.2 Å². The van der Waals surface area contributed by atoms with Gasteiger partial charge >= 0.3 is 5.97 Å². The quantitative estimate of drug-likeness (QED) is 0.819. The van der Waals surface area contributed by atoms with E-state index in [-0.39, 0.29) is 11.9 Å². The number of benzene rings is 1. The van der Waals surface area contributed by atoms with Crippen LogP contribution in [0, 0.1) is 19.8 Å². The standard InChI is InChI=1S/C19H29NO3/c1-4-23-19(22)16-7-10-20(11-8-16)12-9-18(21)17-6-5-14(2)15(3)13-17/h5-6,13,16,18,21H,4,7-12H2,1-3H3. The second-order valence-electron chi connectivity index (χ2n) is 6.52. The molecular formula is C19H29NO3. The number of hydrogen-bond acceptors (Lipinski definition) is 4. The SMILES string of the molecule is CCOC(=O)C1CCN(CCC(O)c2ccc(C)c(C)c2)CC1. The zero-order valence-electron chi connectivity index (χ0n) is 14.5. The van der Waals surface area contributed by atoms with Crippen molar-refractivity contribution in [2.45, 2.75) is 46.1 Å². The fourth-order valence-electron chi connectivity index (χ4n) is 3.10. The molecule has 0 aliphatic carbocycles. The van der Waals surface area contributed by atoms with Gasteiger partial charge in [0.2, 0.25) is 0 Å². The molecule has 4 nitrogen and oxygen atoms in total. The maximum Gasteiger partial charge on any atom is 0.309 e. The Labute approximate surface area is 139 Å². The van der Waals surface area contributed by atoms with Crippen molar-refractivity contribution in [2.75, 3.05) is 26.2 Å². The van der Waals surface area contributed by atoms with Gasteiger partial charge in [-0.2, -0.15) is 0 Å². The number of piperidine rings is 1. The van der Waals surface area contributed by atoms with Crippen molar-refractivity contribution in [3.63, 3.8) is 0 Å². The van der Waals surface area contributed by atoms with E-state index in [1.54, 1.807) is 0 Å². The zero-order chi connectivity index (χ0) is 16.8. The summed E-state index contributed by atoms with van der Waals surface area (Å²) in [6.45, 7) is 9.14. The molecule has 1 aliphatic heterocycles. The summed E-state index contributed by atoms with van der Waals surface area (Å²) < 4.78 is 5.10. The Balaban J connectivity index is 1.76. The third-order valence-corrected chi connectivity index (χ3v) is 4.84. The number of likely N-dealkylation sites (tertiary alicyclic amines) is 1. The predicted molar refractivity (Wildman–Crippen MR) is 91.3 cm³/mol. The summed E-state index contributed by atoms with van der Waals surface area (Å²) >= 11 is 0. The van der Waals surface area contributed by atoms with Crippen molar-refractivity contribution in [1.29, 1.82) is 0 Å². The monoisotopic (exact) mass is 319 g/mol. The first-order valence-electron chi connectivity index (χ1n) is 8.65. The molecular weight excluding hydrogens is 290 g/mol. The summed E-state index contributed by atoms with van der Waals surface area (Å²) in [6, 6.07) is 6.16. The summed E-state index contributed by atoms with van der Waals surface area (Å²) in [4.78, 5) is 14.1. The second kappa shape index (κ2) is 8.46. The Morgan fingerprint density at radius 2 is 2.00 bits per heavy atom. The number of carbonyl (C=O) groups excluding carboxylic acids is 1. The van der Waals surface area contributed by atoms with Crippen LogP contribution in [0.1, 0.15) is 49.0 Å². The van der Waals surface area contributed by atoms with Crippen molar-refractivity contribution in [3.05, 3.63) is 34.9 Å². The van der Waals surface area contributed by atoms with Crippen LogP contribution >= 0.6 is 0 Å². The average molecular weight is 319 g/mol. The summed E-state index contributed by atoms with van der Waals surface area (Å²) in [5, 5.41) is 10.4. The summed E-state index contributed by atoms with van der Waals surface area (Å²) in [7, 11) is 0. The van der Waals surface area contributed by atoms with Gasteiger partial charge in [-0.25, -0.2) is 0 Å². The maximum atomic E-state index is 11.7. The first-order chi connectivity index (χ1) is 11.0. The lowest BCUT2D eigenvalue weighted by Crippen LogP contribution is -2.37. The molecule has 1 heterocycles. The van der Waals surface area contributed by atoms with E-state index in [0.717, 1.165) is 44.5 Å². The van der Waals surface area contributed by atoms with Gasteiger partial charge < -0.3 is 14.7 Å².